The number of benzene rings is 2. The standard InChI is InChI=1S/C18H12BrNO5/c1-24-16-7-2-11(9-15(16)20(22)23)8-13-10-17(25-18(13)21)12-3-5-14(19)6-4-12/h2-10H,1H3/b13-8+. The van der Waals surface area contributed by atoms with Crippen LogP contribution in [-0.2, 0) is 9.53 Å². The molecule has 0 aromatic heterocycles. The Kier molecular flexibility index (Phi) is 4.67. The van der Waals surface area contributed by atoms with Gasteiger partial charge < -0.3 is 9.47 Å². The number of nitro benzene ring substituents is 1. The second-order valence-corrected chi connectivity index (χ2v) is 6.11. The molecular weight excluding hydrogens is 390 g/mol. The third-order valence-electron chi connectivity index (χ3n) is 3.58. The molecule has 0 amide bonds. The van der Waals surface area contributed by atoms with Crippen LogP contribution in [0.2, 0.25) is 0 Å². The third kappa shape index (κ3) is 3.61. The minimum Gasteiger partial charge on any atom is -0.490 e. The molecule has 6 nitrogen and oxygen atoms in total. The van der Waals surface area contributed by atoms with Gasteiger partial charge in [-0.3, -0.25) is 10.1 Å². The molecule has 0 fully saturated rings. The molecule has 2 aromatic carbocycles. The fourth-order valence-electron chi connectivity index (χ4n) is 2.36. The first-order valence-electron chi connectivity index (χ1n) is 7.22. The quantitative estimate of drug-likeness (QED) is 0.329. The lowest BCUT2D eigenvalue weighted by Gasteiger charge is -2.02. The molecule has 0 unspecified atom stereocenters. The number of methoxy groups -OCH3 is 1. The van der Waals surface area contributed by atoms with E-state index >= 15 is 0 Å². The molecule has 7 heteroatoms. The molecule has 2 aromatic rings. The van der Waals surface area contributed by atoms with Crippen LogP contribution in [0.15, 0.2) is 58.6 Å². The van der Waals surface area contributed by atoms with Gasteiger partial charge in [-0.25, -0.2) is 4.79 Å². The van der Waals surface area contributed by atoms with Crippen molar-refractivity contribution in [2.24, 2.45) is 0 Å². The number of hydrogen-bond donors (Lipinski definition) is 0. The molecule has 126 valence electrons. The molecule has 0 saturated heterocycles. The van der Waals surface area contributed by atoms with Gasteiger partial charge in [0.05, 0.1) is 17.6 Å². The van der Waals surface area contributed by atoms with Gasteiger partial charge in [-0.05, 0) is 35.9 Å². The smallest absolute Gasteiger partial charge is 0.343 e. The Balaban J connectivity index is 1.95. The Hall–Kier alpha value is -2.93. The van der Waals surface area contributed by atoms with Crippen molar-refractivity contribution in [3.63, 3.8) is 0 Å². The molecule has 3 rings (SSSR count). The average Bonchev–Trinajstić information content (AvgIpc) is 2.96. The number of nitro groups is 1. The summed E-state index contributed by atoms with van der Waals surface area (Å²) in [6.07, 6.45) is 3.16. The van der Waals surface area contributed by atoms with Gasteiger partial charge in [0.1, 0.15) is 5.76 Å². The fraction of sp³-hybridized carbons (Fsp3) is 0.0556. The van der Waals surface area contributed by atoms with Crippen LogP contribution in [0.5, 0.6) is 5.75 Å². The van der Waals surface area contributed by atoms with Gasteiger partial charge in [0, 0.05) is 16.1 Å². The number of nitrogens with zero attached hydrogens (tertiary/aromatic N) is 1. The van der Waals surface area contributed by atoms with E-state index in [2.05, 4.69) is 15.9 Å². The first-order valence-corrected chi connectivity index (χ1v) is 8.01. The first kappa shape index (κ1) is 16.9. The molecule has 1 aliphatic heterocycles. The number of carbonyl (C=O) groups is 1. The van der Waals surface area contributed by atoms with Gasteiger partial charge in [-0.15, -0.1) is 0 Å². The highest BCUT2D eigenvalue weighted by atomic mass is 79.9. The maximum Gasteiger partial charge on any atom is 0.343 e. The highest BCUT2D eigenvalue weighted by Gasteiger charge is 2.22. The van der Waals surface area contributed by atoms with Crippen LogP contribution >= 0.6 is 15.9 Å². The summed E-state index contributed by atoms with van der Waals surface area (Å²) in [4.78, 5) is 22.6. The topological polar surface area (TPSA) is 78.7 Å². The summed E-state index contributed by atoms with van der Waals surface area (Å²) in [7, 11) is 1.36. The summed E-state index contributed by atoms with van der Waals surface area (Å²) in [6, 6.07) is 11.8. The van der Waals surface area contributed by atoms with Crippen molar-refractivity contribution in [1.29, 1.82) is 0 Å². The lowest BCUT2D eigenvalue weighted by molar-refractivity contribution is -0.385. The van der Waals surface area contributed by atoms with Gasteiger partial charge >= 0.3 is 11.7 Å². The highest BCUT2D eigenvalue weighted by molar-refractivity contribution is 9.10. The monoisotopic (exact) mass is 401 g/mol. The van der Waals surface area contributed by atoms with E-state index in [0.717, 1.165) is 10.0 Å². The van der Waals surface area contributed by atoms with Gasteiger partial charge in [0.2, 0.25) is 0 Å². The predicted octanol–water partition coefficient (Wildman–Crippen LogP) is 4.35. The van der Waals surface area contributed by atoms with Crippen LogP contribution in [-0.4, -0.2) is 18.0 Å². The molecule has 0 N–H and O–H groups in total. The van der Waals surface area contributed by atoms with E-state index in [0.29, 0.717) is 16.9 Å². The Morgan fingerprint density at radius 2 is 1.92 bits per heavy atom. The number of esters is 1. The van der Waals surface area contributed by atoms with Crippen LogP contribution in [0.1, 0.15) is 11.1 Å². The average molecular weight is 402 g/mol. The zero-order valence-corrected chi connectivity index (χ0v) is 14.6. The zero-order valence-electron chi connectivity index (χ0n) is 13.1. The van der Waals surface area contributed by atoms with E-state index < -0.39 is 10.9 Å². The number of hydrogen-bond acceptors (Lipinski definition) is 5. The number of cyclic esters (lactones) is 1. The molecule has 1 heterocycles. The number of halogens is 1. The fourth-order valence-corrected chi connectivity index (χ4v) is 2.63. The predicted molar refractivity (Wildman–Crippen MR) is 95.8 cm³/mol. The van der Waals surface area contributed by atoms with Crippen molar-refractivity contribution >= 4 is 39.4 Å². The van der Waals surface area contributed by atoms with Crippen molar-refractivity contribution in [3.8, 4) is 5.75 Å². The molecule has 25 heavy (non-hydrogen) atoms. The maximum atomic E-state index is 12.1. The Morgan fingerprint density at radius 1 is 1.20 bits per heavy atom. The lowest BCUT2D eigenvalue weighted by Crippen LogP contribution is -1.98. The van der Waals surface area contributed by atoms with Gasteiger partial charge in [-0.2, -0.15) is 0 Å². The molecule has 0 radical (unpaired) electrons. The first-order chi connectivity index (χ1) is 12.0. The van der Waals surface area contributed by atoms with Crippen LogP contribution in [0, 0.1) is 10.1 Å². The Labute approximate surface area is 151 Å². The van der Waals surface area contributed by atoms with E-state index in [-0.39, 0.29) is 11.4 Å². The molecular formula is C18H12BrNO5. The largest absolute Gasteiger partial charge is 0.490 e. The molecule has 1 aliphatic rings. The molecule has 0 atom stereocenters. The van der Waals surface area contributed by atoms with Crippen molar-refractivity contribution in [2.75, 3.05) is 7.11 Å². The van der Waals surface area contributed by atoms with Gasteiger partial charge in [0.15, 0.2) is 5.75 Å². The van der Waals surface area contributed by atoms with Crippen molar-refractivity contribution in [3.05, 3.63) is 79.8 Å². The second kappa shape index (κ2) is 6.90. The summed E-state index contributed by atoms with van der Waals surface area (Å²) < 4.78 is 11.2. The van der Waals surface area contributed by atoms with E-state index in [1.807, 2.05) is 24.3 Å². The molecule has 0 saturated carbocycles. The maximum absolute atomic E-state index is 12.1. The number of ether oxygens (including phenoxy) is 2. The van der Waals surface area contributed by atoms with Crippen molar-refractivity contribution in [2.45, 2.75) is 0 Å². The van der Waals surface area contributed by atoms with E-state index in [1.54, 1.807) is 18.2 Å². The van der Waals surface area contributed by atoms with Crippen LogP contribution < -0.4 is 4.74 Å². The lowest BCUT2D eigenvalue weighted by atomic mass is 10.1. The summed E-state index contributed by atoms with van der Waals surface area (Å²) >= 11 is 3.35. The third-order valence-corrected chi connectivity index (χ3v) is 4.10. The van der Waals surface area contributed by atoms with Crippen LogP contribution in [0.4, 0.5) is 5.69 Å². The summed E-state index contributed by atoms with van der Waals surface area (Å²) in [5, 5.41) is 11.1. The summed E-state index contributed by atoms with van der Waals surface area (Å²) in [5.41, 5.74) is 1.42. The highest BCUT2D eigenvalue weighted by Crippen LogP contribution is 2.31. The van der Waals surface area contributed by atoms with Crippen molar-refractivity contribution in [1.82, 2.24) is 0 Å². The van der Waals surface area contributed by atoms with E-state index in [1.165, 1.54) is 19.2 Å². The molecule has 0 aliphatic carbocycles. The SMILES string of the molecule is COc1ccc(/C=C2\C=C(c3ccc(Br)cc3)OC2=O)cc1[N+](=O)[O-]. The zero-order chi connectivity index (χ0) is 18.0. The summed E-state index contributed by atoms with van der Waals surface area (Å²) in [6.45, 7) is 0. The number of carbonyl (C=O) groups excluding carboxylic acids is 1. The van der Waals surface area contributed by atoms with Gasteiger partial charge in [-0.1, -0.05) is 34.1 Å². The Morgan fingerprint density at radius 3 is 2.56 bits per heavy atom. The minimum atomic E-state index is -0.531. The number of rotatable bonds is 4. The van der Waals surface area contributed by atoms with E-state index in [4.69, 9.17) is 9.47 Å². The van der Waals surface area contributed by atoms with E-state index in [9.17, 15) is 14.9 Å². The van der Waals surface area contributed by atoms with Crippen molar-refractivity contribution < 1.29 is 19.2 Å². The van der Waals surface area contributed by atoms with Gasteiger partial charge in [0.25, 0.3) is 0 Å². The normalized spacial score (nSPS) is 15.0. The van der Waals surface area contributed by atoms with Crippen LogP contribution in [0.25, 0.3) is 11.8 Å². The summed E-state index contributed by atoms with van der Waals surface area (Å²) in [5.74, 6) is 0.0930. The minimum absolute atomic E-state index is 0.159. The molecule has 0 bridgehead atoms. The second-order valence-electron chi connectivity index (χ2n) is 5.19. The molecule has 0 spiro atoms. The Bertz CT molecular complexity index is 916. The van der Waals surface area contributed by atoms with Crippen LogP contribution in [0.3, 0.4) is 0 Å².